The van der Waals surface area contributed by atoms with Gasteiger partial charge in [-0.05, 0) is 36.8 Å². The minimum atomic E-state index is -0.423. The molecule has 0 atom stereocenters. The number of amides is 2. The van der Waals surface area contributed by atoms with Crippen molar-refractivity contribution in [1.29, 1.82) is 0 Å². The van der Waals surface area contributed by atoms with Crippen LogP contribution in [0.5, 0.6) is 5.75 Å². The maximum absolute atomic E-state index is 12.8. The van der Waals surface area contributed by atoms with E-state index in [1.165, 1.54) is 19.2 Å². The van der Waals surface area contributed by atoms with Gasteiger partial charge in [0.15, 0.2) is 0 Å². The van der Waals surface area contributed by atoms with E-state index in [-0.39, 0.29) is 18.1 Å². The molecule has 0 aliphatic rings. The molecule has 2 N–H and O–H groups in total. The Morgan fingerprint density at radius 3 is 2.50 bits per heavy atom. The maximum atomic E-state index is 12.8. The minimum absolute atomic E-state index is 0.0351. The largest absolute Gasteiger partial charge is 0.496 e. The number of ether oxygens (including phenoxy) is 1. The van der Waals surface area contributed by atoms with Crippen molar-refractivity contribution in [1.82, 2.24) is 10.7 Å². The fraction of sp³-hybridized carbons (Fsp3) is 0.211. The molecule has 0 heterocycles. The molecule has 136 valence electrons. The van der Waals surface area contributed by atoms with E-state index in [2.05, 4.69) is 15.8 Å². The quantitative estimate of drug-likeness (QED) is 0.591. The summed E-state index contributed by atoms with van der Waals surface area (Å²) in [5, 5.41) is 6.65. The molecule has 0 unspecified atom stereocenters. The highest BCUT2D eigenvalue weighted by Crippen LogP contribution is 2.16. The van der Waals surface area contributed by atoms with Gasteiger partial charge >= 0.3 is 0 Å². The van der Waals surface area contributed by atoms with Crippen LogP contribution in [0.15, 0.2) is 53.6 Å². The molecule has 0 saturated heterocycles. The lowest BCUT2D eigenvalue weighted by Crippen LogP contribution is -2.26. The molecule has 2 rings (SSSR count). The molecule has 0 saturated carbocycles. The summed E-state index contributed by atoms with van der Waals surface area (Å²) in [6.45, 7) is 1.93. The van der Waals surface area contributed by atoms with Crippen molar-refractivity contribution < 1.29 is 18.7 Å². The molecule has 0 spiro atoms. The lowest BCUT2D eigenvalue weighted by atomic mass is 10.2. The fourth-order valence-corrected chi connectivity index (χ4v) is 2.18. The molecule has 0 fully saturated rings. The van der Waals surface area contributed by atoms with Gasteiger partial charge in [0, 0.05) is 12.3 Å². The van der Waals surface area contributed by atoms with E-state index in [0.29, 0.717) is 23.6 Å². The summed E-state index contributed by atoms with van der Waals surface area (Å²) in [6.07, 6.45) is 0.0351. The van der Waals surface area contributed by atoms with Crippen LogP contribution in [0.1, 0.15) is 29.3 Å². The van der Waals surface area contributed by atoms with E-state index >= 15 is 0 Å². The Bertz CT molecular complexity index is 804. The topological polar surface area (TPSA) is 79.8 Å². The SMILES string of the molecule is COc1ccccc1C(=O)N/N=C(\C)CC(=O)NCc1ccc(F)cc1. The molecule has 2 aromatic carbocycles. The van der Waals surface area contributed by atoms with Crippen LogP contribution in [0.25, 0.3) is 0 Å². The van der Waals surface area contributed by atoms with Gasteiger partial charge in [0.1, 0.15) is 11.6 Å². The zero-order chi connectivity index (χ0) is 18.9. The van der Waals surface area contributed by atoms with Gasteiger partial charge in [0.05, 0.1) is 19.1 Å². The molecule has 6 nitrogen and oxygen atoms in total. The predicted octanol–water partition coefficient (Wildman–Crippen LogP) is 2.65. The second kappa shape index (κ2) is 9.31. The van der Waals surface area contributed by atoms with Crippen LogP contribution in [0.2, 0.25) is 0 Å². The number of carbonyl (C=O) groups excluding carboxylic acids is 2. The van der Waals surface area contributed by atoms with Crippen LogP contribution in [0.3, 0.4) is 0 Å². The van der Waals surface area contributed by atoms with Crippen molar-refractivity contribution in [3.05, 3.63) is 65.5 Å². The number of hydrogen-bond donors (Lipinski definition) is 2. The number of halogens is 1. The zero-order valence-corrected chi connectivity index (χ0v) is 14.6. The van der Waals surface area contributed by atoms with Crippen molar-refractivity contribution >= 4 is 17.5 Å². The molecule has 0 bridgehead atoms. The highest BCUT2D eigenvalue weighted by atomic mass is 19.1. The van der Waals surface area contributed by atoms with Gasteiger partial charge in [-0.3, -0.25) is 9.59 Å². The number of methoxy groups -OCH3 is 1. The molecular weight excluding hydrogens is 337 g/mol. The van der Waals surface area contributed by atoms with E-state index in [0.717, 1.165) is 5.56 Å². The Balaban J connectivity index is 1.84. The molecule has 0 aliphatic heterocycles. The highest BCUT2D eigenvalue weighted by molar-refractivity contribution is 6.01. The van der Waals surface area contributed by atoms with Gasteiger partial charge in [-0.2, -0.15) is 5.10 Å². The predicted molar refractivity (Wildman–Crippen MR) is 96.4 cm³/mol. The summed E-state index contributed by atoms with van der Waals surface area (Å²) in [6, 6.07) is 12.6. The first kappa shape index (κ1) is 19.1. The van der Waals surface area contributed by atoms with E-state index < -0.39 is 5.91 Å². The summed E-state index contributed by atoms with van der Waals surface area (Å²) in [5.74, 6) is -0.556. The Morgan fingerprint density at radius 2 is 1.81 bits per heavy atom. The number of hydrazone groups is 1. The summed E-state index contributed by atoms with van der Waals surface area (Å²) in [5.41, 5.74) is 4.00. The van der Waals surface area contributed by atoms with Gasteiger partial charge in [-0.15, -0.1) is 0 Å². The number of hydrogen-bond acceptors (Lipinski definition) is 4. The molecule has 7 heteroatoms. The highest BCUT2D eigenvalue weighted by Gasteiger charge is 2.11. The van der Waals surface area contributed by atoms with E-state index in [1.807, 2.05) is 0 Å². The smallest absolute Gasteiger partial charge is 0.275 e. The Morgan fingerprint density at radius 1 is 1.12 bits per heavy atom. The molecule has 26 heavy (non-hydrogen) atoms. The van der Waals surface area contributed by atoms with E-state index in [1.54, 1.807) is 43.3 Å². The number of nitrogens with one attached hydrogen (secondary N) is 2. The van der Waals surface area contributed by atoms with Gasteiger partial charge in [0.25, 0.3) is 5.91 Å². The minimum Gasteiger partial charge on any atom is -0.496 e. The Kier molecular flexibility index (Phi) is 6.84. The normalized spacial score (nSPS) is 11.0. The van der Waals surface area contributed by atoms with Crippen molar-refractivity contribution in [2.75, 3.05) is 7.11 Å². The summed E-state index contributed by atoms with van der Waals surface area (Å²) >= 11 is 0. The summed E-state index contributed by atoms with van der Waals surface area (Å²) in [7, 11) is 1.48. The molecular formula is C19H20FN3O3. The number of benzene rings is 2. The molecule has 2 aromatic rings. The van der Waals surface area contributed by atoms with Crippen LogP contribution in [0, 0.1) is 5.82 Å². The van der Waals surface area contributed by atoms with Crippen molar-refractivity contribution in [2.24, 2.45) is 5.10 Å². The molecule has 0 aliphatic carbocycles. The van der Waals surface area contributed by atoms with Crippen molar-refractivity contribution in [3.8, 4) is 5.75 Å². The first-order chi connectivity index (χ1) is 12.5. The zero-order valence-electron chi connectivity index (χ0n) is 14.6. The monoisotopic (exact) mass is 357 g/mol. The molecule has 0 radical (unpaired) electrons. The third-order valence-corrected chi connectivity index (χ3v) is 3.52. The maximum Gasteiger partial charge on any atom is 0.275 e. The average Bonchev–Trinajstić information content (AvgIpc) is 2.65. The first-order valence-electron chi connectivity index (χ1n) is 7.97. The number of rotatable bonds is 7. The van der Waals surface area contributed by atoms with Crippen molar-refractivity contribution in [3.63, 3.8) is 0 Å². The van der Waals surface area contributed by atoms with Gasteiger partial charge in [-0.1, -0.05) is 24.3 Å². The number of carbonyl (C=O) groups is 2. The van der Waals surface area contributed by atoms with E-state index in [4.69, 9.17) is 4.74 Å². The molecule has 0 aromatic heterocycles. The fourth-order valence-electron chi connectivity index (χ4n) is 2.18. The summed E-state index contributed by atoms with van der Waals surface area (Å²) < 4.78 is 18.0. The van der Waals surface area contributed by atoms with Crippen molar-refractivity contribution in [2.45, 2.75) is 19.9 Å². The van der Waals surface area contributed by atoms with Crippen LogP contribution in [0.4, 0.5) is 4.39 Å². The van der Waals surface area contributed by atoms with E-state index in [9.17, 15) is 14.0 Å². The standard InChI is InChI=1S/C19H20FN3O3/c1-13(11-18(24)21-12-14-7-9-15(20)10-8-14)22-23-19(25)16-5-3-4-6-17(16)26-2/h3-10H,11-12H2,1-2H3,(H,21,24)(H,23,25)/b22-13+. The van der Waals surface area contributed by atoms with Crippen LogP contribution in [-0.2, 0) is 11.3 Å². The average molecular weight is 357 g/mol. The van der Waals surface area contributed by atoms with Crippen LogP contribution >= 0.6 is 0 Å². The second-order valence-electron chi connectivity index (χ2n) is 5.57. The van der Waals surface area contributed by atoms with Crippen LogP contribution < -0.4 is 15.5 Å². The Hall–Kier alpha value is -3.22. The number of para-hydroxylation sites is 1. The van der Waals surface area contributed by atoms with Gasteiger partial charge < -0.3 is 10.1 Å². The van der Waals surface area contributed by atoms with Gasteiger partial charge in [-0.25, -0.2) is 9.82 Å². The third-order valence-electron chi connectivity index (χ3n) is 3.52. The summed E-state index contributed by atoms with van der Waals surface area (Å²) in [4.78, 5) is 24.0. The lowest BCUT2D eigenvalue weighted by molar-refractivity contribution is -0.120. The second-order valence-corrected chi connectivity index (χ2v) is 5.57. The lowest BCUT2D eigenvalue weighted by Gasteiger charge is -2.07. The van der Waals surface area contributed by atoms with Gasteiger partial charge in [0.2, 0.25) is 5.91 Å². The third kappa shape index (κ3) is 5.70. The molecule has 2 amide bonds. The van der Waals surface area contributed by atoms with Crippen LogP contribution in [-0.4, -0.2) is 24.6 Å². The first-order valence-corrected chi connectivity index (χ1v) is 7.97. The number of nitrogens with zero attached hydrogens (tertiary/aromatic N) is 1. The Labute approximate surface area is 151 Å².